The molecule has 0 amide bonds. The minimum Gasteiger partial charge on any atom is -0.477 e. The quantitative estimate of drug-likeness (QED) is 0.265. The zero-order valence-electron chi connectivity index (χ0n) is 17.7. The molecule has 0 heterocycles. The Labute approximate surface area is 183 Å². The Hall–Kier alpha value is -2.70. The summed E-state index contributed by atoms with van der Waals surface area (Å²) in [6.45, 7) is 2.06. The maximum absolute atomic E-state index is 15.2. The van der Waals surface area contributed by atoms with Crippen molar-refractivity contribution >= 4 is 5.97 Å². The predicted octanol–water partition coefficient (Wildman–Crippen LogP) is 7.77. The molecule has 1 saturated carbocycles. The van der Waals surface area contributed by atoms with E-state index in [9.17, 15) is 27.5 Å². The smallest absolute Gasteiger partial charge is 0.341 e. The van der Waals surface area contributed by atoms with E-state index in [4.69, 9.17) is 0 Å². The Morgan fingerprint density at radius 3 is 2.12 bits per heavy atom. The van der Waals surface area contributed by atoms with Crippen LogP contribution in [0.4, 0.5) is 22.0 Å². The van der Waals surface area contributed by atoms with Crippen LogP contribution in [-0.2, 0) is 0 Å². The van der Waals surface area contributed by atoms with Crippen LogP contribution in [0.5, 0.6) is 0 Å². The number of carbonyl (C=O) groups is 1. The molecule has 0 aliphatic heterocycles. The van der Waals surface area contributed by atoms with Crippen LogP contribution >= 0.6 is 0 Å². The summed E-state index contributed by atoms with van der Waals surface area (Å²) in [5.74, 6) is -9.12. The van der Waals surface area contributed by atoms with E-state index < -0.39 is 46.2 Å². The molecular weight excluding hydrogens is 427 g/mol. The van der Waals surface area contributed by atoms with Crippen molar-refractivity contribution in [3.63, 3.8) is 0 Å². The molecule has 3 rings (SSSR count). The molecule has 1 fully saturated rings. The number of carboxylic acids is 1. The van der Waals surface area contributed by atoms with Crippen molar-refractivity contribution in [1.82, 2.24) is 0 Å². The topological polar surface area (TPSA) is 37.3 Å². The summed E-state index contributed by atoms with van der Waals surface area (Å²) in [5.41, 5.74) is -1.80. The Morgan fingerprint density at radius 1 is 0.938 bits per heavy atom. The lowest BCUT2D eigenvalue weighted by Crippen LogP contribution is -2.16. The summed E-state index contributed by atoms with van der Waals surface area (Å²) in [5, 5.41) is 9.23. The van der Waals surface area contributed by atoms with Crippen LogP contribution in [0.1, 0.15) is 73.7 Å². The van der Waals surface area contributed by atoms with Crippen molar-refractivity contribution in [2.45, 2.75) is 57.8 Å². The lowest BCUT2D eigenvalue weighted by molar-refractivity contribution is 0.0686. The van der Waals surface area contributed by atoms with E-state index >= 15 is 4.39 Å². The van der Waals surface area contributed by atoms with Gasteiger partial charge in [0.05, 0.1) is 0 Å². The van der Waals surface area contributed by atoms with Gasteiger partial charge in [-0.15, -0.1) is 0 Å². The van der Waals surface area contributed by atoms with Crippen molar-refractivity contribution in [2.75, 3.05) is 0 Å². The molecule has 1 aliphatic carbocycles. The number of hydrogen-bond acceptors (Lipinski definition) is 1. The Balaban J connectivity index is 1.98. The van der Waals surface area contributed by atoms with Gasteiger partial charge in [-0.25, -0.2) is 26.7 Å². The standard InChI is InChI=1S/C25H25F5O2/c1-2-3-4-5-6-14-7-9-15(10-8-14)17-13-18(26)22(25(31)32)24(30)21(17)16-11-19(27)23(29)20(28)12-16/h3-4,11-15H,2,5-10H2,1H3,(H,31,32)/b4-3+/t14-,15-. The summed E-state index contributed by atoms with van der Waals surface area (Å²) < 4.78 is 70.9. The molecule has 2 aromatic rings. The lowest BCUT2D eigenvalue weighted by atomic mass is 9.75. The molecule has 1 aliphatic rings. The first-order valence-electron chi connectivity index (χ1n) is 10.8. The van der Waals surface area contributed by atoms with Gasteiger partial charge in [-0.1, -0.05) is 19.1 Å². The van der Waals surface area contributed by atoms with E-state index in [1.165, 1.54) is 0 Å². The highest BCUT2D eigenvalue weighted by Gasteiger charge is 2.31. The third-order valence-electron chi connectivity index (χ3n) is 6.17. The lowest BCUT2D eigenvalue weighted by Gasteiger charge is -2.30. The van der Waals surface area contributed by atoms with E-state index in [0.717, 1.165) is 38.2 Å². The van der Waals surface area contributed by atoms with Gasteiger partial charge in [0.1, 0.15) is 17.2 Å². The van der Waals surface area contributed by atoms with E-state index in [2.05, 4.69) is 19.1 Å². The van der Waals surface area contributed by atoms with Gasteiger partial charge < -0.3 is 5.11 Å². The first kappa shape index (κ1) is 24.0. The average Bonchev–Trinajstić information content (AvgIpc) is 2.74. The van der Waals surface area contributed by atoms with Crippen LogP contribution in [-0.4, -0.2) is 11.1 Å². The second-order valence-electron chi connectivity index (χ2n) is 8.25. The monoisotopic (exact) mass is 452 g/mol. The first-order chi connectivity index (χ1) is 15.2. The van der Waals surface area contributed by atoms with Crippen LogP contribution in [0.15, 0.2) is 30.4 Å². The summed E-state index contributed by atoms with van der Waals surface area (Å²) >= 11 is 0. The molecule has 0 atom stereocenters. The Bertz CT molecular complexity index is 1000. The van der Waals surface area contributed by atoms with Crippen molar-refractivity contribution in [3.8, 4) is 11.1 Å². The minimum absolute atomic E-state index is 0.153. The van der Waals surface area contributed by atoms with Gasteiger partial charge in [-0.05, 0) is 86.1 Å². The summed E-state index contributed by atoms with van der Waals surface area (Å²) in [6.07, 6.45) is 10.0. The number of hydrogen-bond donors (Lipinski definition) is 1. The molecule has 2 nitrogen and oxygen atoms in total. The average molecular weight is 452 g/mol. The molecular formula is C25H25F5O2. The number of rotatable bonds is 7. The highest BCUT2D eigenvalue weighted by atomic mass is 19.2. The highest BCUT2D eigenvalue weighted by Crippen LogP contribution is 2.43. The number of benzene rings is 2. The fourth-order valence-corrected chi connectivity index (χ4v) is 4.53. The first-order valence-corrected chi connectivity index (χ1v) is 10.8. The van der Waals surface area contributed by atoms with Crippen molar-refractivity contribution < 1.29 is 31.9 Å². The molecule has 0 radical (unpaired) electrons. The minimum atomic E-state index is -1.83. The van der Waals surface area contributed by atoms with Crippen LogP contribution in [0, 0.1) is 35.0 Å². The second kappa shape index (κ2) is 10.3. The SMILES string of the molecule is CC/C=C/CC[C@H]1CC[C@H](c2cc(F)c(C(=O)O)c(F)c2-c2cc(F)c(F)c(F)c2)CC1. The molecule has 0 spiro atoms. The summed E-state index contributed by atoms with van der Waals surface area (Å²) in [6, 6.07) is 2.15. The zero-order valence-corrected chi connectivity index (χ0v) is 17.7. The maximum atomic E-state index is 15.2. The van der Waals surface area contributed by atoms with Gasteiger partial charge in [0.2, 0.25) is 0 Å². The van der Waals surface area contributed by atoms with Gasteiger partial charge in [0.15, 0.2) is 17.5 Å². The second-order valence-corrected chi connectivity index (χ2v) is 8.25. The number of carboxylic acid groups (broad SMARTS) is 1. The van der Waals surface area contributed by atoms with E-state index in [1.807, 2.05) is 0 Å². The van der Waals surface area contributed by atoms with Gasteiger partial charge in [0.25, 0.3) is 0 Å². The number of allylic oxidation sites excluding steroid dienone is 2. The van der Waals surface area contributed by atoms with Gasteiger partial charge in [0, 0.05) is 5.56 Å². The highest BCUT2D eigenvalue weighted by molar-refractivity contribution is 5.91. The Morgan fingerprint density at radius 2 is 1.56 bits per heavy atom. The van der Waals surface area contributed by atoms with Crippen LogP contribution in [0.25, 0.3) is 11.1 Å². The third kappa shape index (κ3) is 5.03. The normalized spacial score (nSPS) is 18.9. The van der Waals surface area contributed by atoms with Crippen LogP contribution < -0.4 is 0 Å². The molecule has 0 bridgehead atoms. The fraction of sp³-hybridized carbons (Fsp3) is 0.400. The van der Waals surface area contributed by atoms with Crippen molar-refractivity contribution in [2.24, 2.45) is 5.92 Å². The number of halogens is 5. The molecule has 0 unspecified atom stereocenters. The molecule has 1 N–H and O–H groups in total. The number of aromatic carboxylic acids is 1. The van der Waals surface area contributed by atoms with Gasteiger partial charge >= 0.3 is 5.97 Å². The molecule has 7 heteroatoms. The predicted molar refractivity (Wildman–Crippen MR) is 112 cm³/mol. The van der Waals surface area contributed by atoms with Crippen LogP contribution in [0.3, 0.4) is 0 Å². The molecule has 32 heavy (non-hydrogen) atoms. The third-order valence-corrected chi connectivity index (χ3v) is 6.17. The summed E-state index contributed by atoms with van der Waals surface area (Å²) in [7, 11) is 0. The van der Waals surface area contributed by atoms with Crippen LogP contribution in [0.2, 0.25) is 0 Å². The zero-order chi connectivity index (χ0) is 23.4. The fourth-order valence-electron chi connectivity index (χ4n) is 4.53. The summed E-state index contributed by atoms with van der Waals surface area (Å²) in [4.78, 5) is 11.4. The van der Waals surface area contributed by atoms with E-state index in [1.54, 1.807) is 0 Å². The molecule has 172 valence electrons. The van der Waals surface area contributed by atoms with Gasteiger partial charge in [-0.2, -0.15) is 0 Å². The van der Waals surface area contributed by atoms with Crippen molar-refractivity contribution in [1.29, 1.82) is 0 Å². The molecule has 0 aromatic heterocycles. The molecule has 0 saturated heterocycles. The van der Waals surface area contributed by atoms with Gasteiger partial charge in [-0.3, -0.25) is 0 Å². The molecule has 2 aromatic carbocycles. The largest absolute Gasteiger partial charge is 0.477 e. The van der Waals surface area contributed by atoms with Crippen molar-refractivity contribution in [3.05, 3.63) is 70.6 Å². The maximum Gasteiger partial charge on any atom is 0.341 e. The Kier molecular flexibility index (Phi) is 7.69. The van der Waals surface area contributed by atoms with E-state index in [-0.39, 0.29) is 17.0 Å². The van der Waals surface area contributed by atoms with E-state index in [0.29, 0.717) is 30.9 Å².